The summed E-state index contributed by atoms with van der Waals surface area (Å²) in [6.45, 7) is 6.25. The number of hydrogen-bond acceptors (Lipinski definition) is 7. The Balaban J connectivity index is 1.93. The smallest absolute Gasteiger partial charge is 0.410 e. The molecule has 0 radical (unpaired) electrons. The van der Waals surface area contributed by atoms with E-state index >= 15 is 0 Å². The van der Waals surface area contributed by atoms with Gasteiger partial charge in [-0.15, -0.1) is 0 Å². The van der Waals surface area contributed by atoms with Crippen LogP contribution in [0.15, 0.2) is 12.1 Å². The number of anilines is 1. The number of hydrogen-bond donors (Lipinski definition) is 1. The van der Waals surface area contributed by atoms with Crippen LogP contribution in [0.5, 0.6) is 11.5 Å². The lowest BCUT2D eigenvalue weighted by molar-refractivity contribution is 0.0270. The number of nitrogen functional groups attached to an aromatic ring is 1. The number of amides is 1. The number of halogens is 1. The third kappa shape index (κ3) is 4.18. The number of ether oxygens (including phenoxy) is 3. The monoisotopic (exact) mass is 404 g/mol. The van der Waals surface area contributed by atoms with Crippen molar-refractivity contribution in [3.63, 3.8) is 0 Å². The molecule has 0 aliphatic carbocycles. The summed E-state index contributed by atoms with van der Waals surface area (Å²) in [6.07, 6.45) is 1.95. The van der Waals surface area contributed by atoms with Crippen molar-refractivity contribution < 1.29 is 23.4 Å². The van der Waals surface area contributed by atoms with Crippen LogP contribution in [0.25, 0.3) is 16.5 Å². The molecule has 0 spiro atoms. The number of carbonyl (C=O) groups is 1. The van der Waals surface area contributed by atoms with Crippen LogP contribution < -0.4 is 15.2 Å². The van der Waals surface area contributed by atoms with Gasteiger partial charge in [0.05, 0.1) is 14.2 Å². The van der Waals surface area contributed by atoms with Crippen molar-refractivity contribution in [1.82, 2.24) is 14.9 Å². The Kier molecular flexibility index (Phi) is 5.50. The van der Waals surface area contributed by atoms with E-state index in [1.165, 1.54) is 14.2 Å². The van der Waals surface area contributed by atoms with Crippen LogP contribution in [-0.4, -0.2) is 53.9 Å². The molecule has 0 bridgehead atoms. The van der Waals surface area contributed by atoms with Crippen LogP contribution in [0.2, 0.25) is 0 Å². The fourth-order valence-electron chi connectivity index (χ4n) is 3.06. The normalized spacial score (nSPS) is 14.6. The number of fused-ring (bicyclic) bond motifs is 1. The molecule has 0 unspecified atom stereocenters. The topological polar surface area (TPSA) is 99.8 Å². The molecule has 2 aromatic rings. The summed E-state index contributed by atoms with van der Waals surface area (Å²) in [5.41, 5.74) is 6.35. The molecule has 9 heteroatoms. The maximum atomic E-state index is 14.9. The predicted octanol–water partition coefficient (Wildman–Crippen LogP) is 3.39. The van der Waals surface area contributed by atoms with Crippen molar-refractivity contribution in [2.45, 2.75) is 32.8 Å². The van der Waals surface area contributed by atoms with Crippen LogP contribution >= 0.6 is 0 Å². The van der Waals surface area contributed by atoms with Gasteiger partial charge in [-0.05, 0) is 38.8 Å². The standard InChI is InChI=1S/C20H25FN4O4/c1-20(2,3)29-19(26)25-8-6-11(7-9-25)18-23-15-12(17(22)24-18)10-13(27-4)16(28-5)14(15)21/h6,10H,7-9H2,1-5H3,(H2,22,23,24). The summed E-state index contributed by atoms with van der Waals surface area (Å²) >= 11 is 0. The number of rotatable bonds is 3. The molecule has 0 saturated carbocycles. The molecule has 3 rings (SSSR count). The fourth-order valence-corrected chi connectivity index (χ4v) is 3.06. The van der Waals surface area contributed by atoms with Crippen LogP contribution in [0.1, 0.15) is 33.0 Å². The Labute approximate surface area is 168 Å². The van der Waals surface area contributed by atoms with E-state index in [1.54, 1.807) is 11.0 Å². The highest BCUT2D eigenvalue weighted by Gasteiger charge is 2.25. The van der Waals surface area contributed by atoms with Crippen LogP contribution in [0, 0.1) is 5.82 Å². The second-order valence-corrected chi connectivity index (χ2v) is 7.66. The van der Waals surface area contributed by atoms with Crippen LogP contribution in [0.3, 0.4) is 0 Å². The van der Waals surface area contributed by atoms with E-state index in [0.717, 1.165) is 5.57 Å². The van der Waals surface area contributed by atoms with Crippen LogP contribution in [-0.2, 0) is 4.74 Å². The summed E-state index contributed by atoms with van der Waals surface area (Å²) in [4.78, 5) is 22.5. The maximum Gasteiger partial charge on any atom is 0.410 e. The van der Waals surface area contributed by atoms with Crippen molar-refractivity contribution in [2.24, 2.45) is 0 Å². The van der Waals surface area contributed by atoms with Gasteiger partial charge in [0.25, 0.3) is 0 Å². The van der Waals surface area contributed by atoms with E-state index in [4.69, 9.17) is 19.9 Å². The predicted molar refractivity (Wildman–Crippen MR) is 107 cm³/mol. The van der Waals surface area contributed by atoms with Gasteiger partial charge in [-0.1, -0.05) is 6.08 Å². The third-order valence-corrected chi connectivity index (χ3v) is 4.45. The van der Waals surface area contributed by atoms with E-state index in [-0.39, 0.29) is 28.9 Å². The Hall–Kier alpha value is -3.10. The van der Waals surface area contributed by atoms with Crippen molar-refractivity contribution in [3.05, 3.63) is 23.8 Å². The Morgan fingerprint density at radius 3 is 2.52 bits per heavy atom. The molecule has 1 aliphatic rings. The second-order valence-electron chi connectivity index (χ2n) is 7.66. The van der Waals surface area contributed by atoms with Crippen molar-refractivity contribution in [1.29, 1.82) is 0 Å². The lowest BCUT2D eigenvalue weighted by Gasteiger charge is -2.29. The molecule has 2 heterocycles. The average molecular weight is 404 g/mol. The number of nitrogens with zero attached hydrogens (tertiary/aromatic N) is 3. The number of aromatic nitrogens is 2. The SMILES string of the molecule is COc1cc2c(N)nc(C3=CCN(C(=O)OC(C)(C)C)CC3)nc2c(F)c1OC. The first-order valence-electron chi connectivity index (χ1n) is 9.19. The molecule has 0 fully saturated rings. The zero-order valence-corrected chi connectivity index (χ0v) is 17.2. The summed E-state index contributed by atoms with van der Waals surface area (Å²) in [5, 5.41) is 0.343. The van der Waals surface area contributed by atoms with E-state index in [9.17, 15) is 9.18 Å². The van der Waals surface area contributed by atoms with Crippen molar-refractivity contribution in [2.75, 3.05) is 33.0 Å². The van der Waals surface area contributed by atoms with Gasteiger partial charge in [-0.2, -0.15) is 0 Å². The van der Waals surface area contributed by atoms with Gasteiger partial charge >= 0.3 is 6.09 Å². The molecule has 0 saturated heterocycles. The largest absolute Gasteiger partial charge is 0.493 e. The van der Waals surface area contributed by atoms with Gasteiger partial charge in [-0.3, -0.25) is 0 Å². The molecule has 1 aromatic carbocycles. The molecule has 2 N–H and O–H groups in total. The number of methoxy groups -OCH3 is 2. The van der Waals surface area contributed by atoms with E-state index in [0.29, 0.717) is 30.7 Å². The van der Waals surface area contributed by atoms with Gasteiger partial charge in [0, 0.05) is 18.5 Å². The van der Waals surface area contributed by atoms with Gasteiger partial charge < -0.3 is 24.8 Å². The first-order valence-corrected chi connectivity index (χ1v) is 9.19. The zero-order valence-electron chi connectivity index (χ0n) is 17.2. The Morgan fingerprint density at radius 2 is 1.97 bits per heavy atom. The highest BCUT2D eigenvalue weighted by atomic mass is 19.1. The fraction of sp³-hybridized carbons (Fsp3) is 0.450. The minimum absolute atomic E-state index is 0.0437. The molecule has 8 nitrogen and oxygen atoms in total. The Morgan fingerprint density at radius 1 is 1.24 bits per heavy atom. The highest BCUT2D eigenvalue weighted by Crippen LogP contribution is 2.37. The average Bonchev–Trinajstić information content (AvgIpc) is 2.67. The molecule has 156 valence electrons. The maximum absolute atomic E-state index is 14.9. The van der Waals surface area contributed by atoms with E-state index in [2.05, 4.69) is 9.97 Å². The van der Waals surface area contributed by atoms with Crippen LogP contribution in [0.4, 0.5) is 15.0 Å². The van der Waals surface area contributed by atoms with E-state index < -0.39 is 11.4 Å². The quantitative estimate of drug-likeness (QED) is 0.837. The highest BCUT2D eigenvalue weighted by molar-refractivity contribution is 5.92. The summed E-state index contributed by atoms with van der Waals surface area (Å²) in [5.74, 6) is -0.0301. The summed E-state index contributed by atoms with van der Waals surface area (Å²) < 4.78 is 30.6. The lowest BCUT2D eigenvalue weighted by Crippen LogP contribution is -2.39. The molecule has 0 atom stereocenters. The van der Waals surface area contributed by atoms with Gasteiger partial charge in [-0.25, -0.2) is 19.2 Å². The lowest BCUT2D eigenvalue weighted by atomic mass is 10.1. The summed E-state index contributed by atoms with van der Waals surface area (Å²) in [7, 11) is 2.77. The van der Waals surface area contributed by atoms with Crippen molar-refractivity contribution >= 4 is 28.4 Å². The zero-order chi connectivity index (χ0) is 21.3. The molecule has 1 aliphatic heterocycles. The second kappa shape index (κ2) is 7.73. The van der Waals surface area contributed by atoms with Crippen molar-refractivity contribution in [3.8, 4) is 11.5 Å². The van der Waals surface area contributed by atoms with Gasteiger partial charge in [0.1, 0.15) is 16.9 Å². The minimum Gasteiger partial charge on any atom is -0.493 e. The van der Waals surface area contributed by atoms with Gasteiger partial charge in [0.2, 0.25) is 0 Å². The van der Waals surface area contributed by atoms with E-state index in [1.807, 2.05) is 26.8 Å². The third-order valence-electron chi connectivity index (χ3n) is 4.45. The Bertz CT molecular complexity index is 985. The number of carbonyl (C=O) groups excluding carboxylic acids is 1. The minimum atomic E-state index is -0.663. The molecule has 29 heavy (non-hydrogen) atoms. The molecule has 1 amide bonds. The first-order chi connectivity index (χ1) is 13.6. The molecular formula is C20H25FN4O4. The number of nitrogens with two attached hydrogens (primary N) is 1. The molecular weight excluding hydrogens is 379 g/mol. The van der Waals surface area contributed by atoms with Gasteiger partial charge in [0.15, 0.2) is 23.1 Å². The number of benzene rings is 1. The summed E-state index contributed by atoms with van der Waals surface area (Å²) in [6, 6.07) is 1.55. The molecule has 1 aromatic heterocycles. The first kappa shape index (κ1) is 20.6.